The predicted molar refractivity (Wildman–Crippen MR) is 205 cm³/mol. The summed E-state index contributed by atoms with van der Waals surface area (Å²) in [5.74, 6) is -1.70. The van der Waals surface area contributed by atoms with Crippen LogP contribution in [0.3, 0.4) is 0 Å². The largest absolute Gasteiger partial charge is 0.379 e. The van der Waals surface area contributed by atoms with Crippen LogP contribution >= 0.6 is 0 Å². The third kappa shape index (κ3) is 16.8. The highest BCUT2D eigenvalue weighted by Crippen LogP contribution is 2.29. The number of likely N-dealkylation sites (N-methyl/N-ethyl adjacent to an activating group) is 2. The van der Waals surface area contributed by atoms with E-state index in [1.165, 1.54) is 12.7 Å². The fourth-order valence-corrected chi connectivity index (χ4v) is 6.42. The van der Waals surface area contributed by atoms with Crippen LogP contribution in [0, 0.1) is 24.7 Å². The number of carbonyl (C=O) groups is 5. The van der Waals surface area contributed by atoms with Gasteiger partial charge >= 0.3 is 0 Å². The highest BCUT2D eigenvalue weighted by atomic mass is 16.5. The maximum Gasteiger partial charge on any atom is 0.236 e. The third-order valence-corrected chi connectivity index (χ3v) is 9.46. The third-order valence-electron chi connectivity index (χ3n) is 9.46. The van der Waals surface area contributed by atoms with Gasteiger partial charge in [-0.25, -0.2) is 0 Å². The van der Waals surface area contributed by atoms with Crippen LogP contribution < -0.4 is 27.8 Å². The second kappa shape index (κ2) is 25.4. The van der Waals surface area contributed by atoms with E-state index in [9.17, 15) is 24.0 Å². The van der Waals surface area contributed by atoms with Gasteiger partial charge in [-0.05, 0) is 45.6 Å². The highest BCUT2D eigenvalue weighted by Gasteiger charge is 2.42. The lowest BCUT2D eigenvalue weighted by molar-refractivity contribution is -0.146. The molecule has 8 N–H and O–H groups in total. The van der Waals surface area contributed by atoms with Gasteiger partial charge in [-0.3, -0.25) is 24.0 Å². The van der Waals surface area contributed by atoms with E-state index in [0.717, 1.165) is 12.8 Å². The number of aryl methyl sites for hydroxylation is 1. The minimum atomic E-state index is -0.631. The van der Waals surface area contributed by atoms with E-state index in [4.69, 9.17) is 26.7 Å². The number of hydrogen-bond donors (Lipinski definition) is 5. The Balaban J connectivity index is 0.00000132. The van der Waals surface area contributed by atoms with E-state index < -0.39 is 24.0 Å². The van der Waals surface area contributed by atoms with Crippen LogP contribution in [0.25, 0.3) is 0 Å². The Morgan fingerprint density at radius 3 is 1.96 bits per heavy atom. The second-order valence-electron chi connectivity index (χ2n) is 14.1. The molecule has 52 heavy (non-hydrogen) atoms. The van der Waals surface area contributed by atoms with Crippen LogP contribution in [-0.4, -0.2) is 117 Å². The van der Waals surface area contributed by atoms with Gasteiger partial charge in [0.25, 0.3) is 0 Å². The molecule has 5 amide bonds. The number of carbonyl (C=O) groups excluding carboxylic acids is 5. The van der Waals surface area contributed by atoms with Gasteiger partial charge in [-0.15, -0.1) is 0 Å². The van der Waals surface area contributed by atoms with Gasteiger partial charge < -0.3 is 47.1 Å². The Hall–Kier alpha value is -3.59. The van der Waals surface area contributed by atoms with Gasteiger partial charge in [-0.1, -0.05) is 76.9 Å². The van der Waals surface area contributed by atoms with Crippen molar-refractivity contribution in [3.8, 4) is 0 Å². The predicted octanol–water partition coefficient (Wildman–Crippen LogP) is 1.96. The summed E-state index contributed by atoms with van der Waals surface area (Å²) in [6, 6.07) is 9.21. The number of hydrogen-bond acceptors (Lipinski definition) is 9. The number of nitrogens with one attached hydrogen (secondary N) is 2. The van der Waals surface area contributed by atoms with Crippen molar-refractivity contribution < 1.29 is 33.4 Å². The van der Waals surface area contributed by atoms with Gasteiger partial charge in [0.2, 0.25) is 29.5 Å². The van der Waals surface area contributed by atoms with E-state index in [1.54, 1.807) is 44.9 Å². The summed E-state index contributed by atoms with van der Waals surface area (Å²) < 4.78 is 11.5. The number of nitrogens with zero attached hydrogens (tertiary/aromatic N) is 2. The van der Waals surface area contributed by atoms with Crippen LogP contribution in [0.15, 0.2) is 30.3 Å². The number of likely N-dealkylation sites (tertiary alicyclic amines) is 1. The molecule has 1 saturated heterocycles. The van der Waals surface area contributed by atoms with E-state index in [0.29, 0.717) is 13.0 Å². The number of primary amides is 2. The van der Waals surface area contributed by atoms with Crippen molar-refractivity contribution in [1.82, 2.24) is 20.4 Å². The van der Waals surface area contributed by atoms with Crippen molar-refractivity contribution >= 4 is 29.5 Å². The summed E-state index contributed by atoms with van der Waals surface area (Å²) >= 11 is 0. The number of rotatable bonds is 18. The molecule has 0 aliphatic carbocycles. The molecule has 8 unspecified atom stereocenters. The highest BCUT2D eigenvalue weighted by molar-refractivity contribution is 5.85. The fraction of sp³-hybridized carbons (Fsp3) is 0.711. The molecule has 0 radical (unpaired) electrons. The lowest BCUT2D eigenvalue weighted by atomic mass is 9.90. The smallest absolute Gasteiger partial charge is 0.236 e. The number of methoxy groups -OCH3 is 2. The minimum Gasteiger partial charge on any atom is -0.379 e. The fourth-order valence-electron chi connectivity index (χ4n) is 6.42. The first-order valence-corrected chi connectivity index (χ1v) is 18.3. The Morgan fingerprint density at radius 2 is 1.58 bits per heavy atom. The summed E-state index contributed by atoms with van der Waals surface area (Å²) in [6.45, 7) is 13.9. The summed E-state index contributed by atoms with van der Waals surface area (Å²) in [5, 5.41) is 5.34. The van der Waals surface area contributed by atoms with Crippen molar-refractivity contribution in [3.63, 3.8) is 0 Å². The molecule has 1 fully saturated rings. The normalized spacial score (nSPS) is 17.9. The molecular formula is C38H69N7O7. The molecule has 1 aliphatic rings. The average Bonchev–Trinajstić information content (AvgIpc) is 3.57. The lowest BCUT2D eigenvalue weighted by Crippen LogP contribution is -2.53. The standard InChI is InChI=1S/C25H47N5O6.C7H8.C6H14N2O/c1-8-15(2)23(29(5)21(32)12-16(3)26)19(35-6)13-22(33)30-11-9-10-18(30)24(36-7)17(4)25(34)28-14-20(27)31;1-7-5-3-2-4-6-7;1-4(2)5(8-3)6(7)9/h15-19,23-24H,8-14,26H2,1-7H3,(H2,27,31)(H,28,34);2-6H,1H3;4-5,8H,1-3H3,(H2,7,9). The molecule has 1 aromatic rings. The number of amides is 5. The minimum absolute atomic E-state index is 0.0842. The van der Waals surface area contributed by atoms with E-state index in [2.05, 4.69) is 29.7 Å². The summed E-state index contributed by atoms with van der Waals surface area (Å²) in [6.07, 6.45) is 1.54. The second-order valence-corrected chi connectivity index (χ2v) is 14.1. The maximum atomic E-state index is 13.5. The van der Waals surface area contributed by atoms with Crippen molar-refractivity contribution in [2.45, 2.75) is 117 Å². The van der Waals surface area contributed by atoms with Gasteiger partial charge in [0.05, 0.1) is 49.2 Å². The maximum absolute atomic E-state index is 13.5. The molecule has 0 bridgehead atoms. The van der Waals surface area contributed by atoms with Crippen LogP contribution in [0.4, 0.5) is 0 Å². The average molecular weight is 736 g/mol. The zero-order valence-electron chi connectivity index (χ0n) is 33.5. The molecular weight excluding hydrogens is 666 g/mol. The van der Waals surface area contributed by atoms with Crippen molar-refractivity contribution in [1.29, 1.82) is 0 Å². The van der Waals surface area contributed by atoms with Gasteiger partial charge in [0.15, 0.2) is 0 Å². The molecule has 0 saturated carbocycles. The zero-order chi connectivity index (χ0) is 40.1. The van der Waals surface area contributed by atoms with Crippen LogP contribution in [0.2, 0.25) is 0 Å². The SMILES string of the molecule is CCC(C)C(C(CC(=O)N1CCCC1C(OC)C(C)C(=O)NCC(N)=O)OC)N(C)C(=O)CC(C)N.CNC(C(N)=O)C(C)C.Cc1ccccc1. The van der Waals surface area contributed by atoms with Crippen LogP contribution in [0.5, 0.6) is 0 Å². The van der Waals surface area contributed by atoms with E-state index >= 15 is 0 Å². The van der Waals surface area contributed by atoms with E-state index in [1.807, 2.05) is 45.9 Å². The van der Waals surface area contributed by atoms with Gasteiger partial charge in [-0.2, -0.15) is 0 Å². The summed E-state index contributed by atoms with van der Waals surface area (Å²) in [5.41, 5.74) is 17.3. The van der Waals surface area contributed by atoms with Crippen molar-refractivity contribution in [2.24, 2.45) is 35.0 Å². The lowest BCUT2D eigenvalue weighted by Gasteiger charge is -2.39. The number of benzene rings is 1. The van der Waals surface area contributed by atoms with E-state index in [-0.39, 0.29) is 79.0 Å². The Labute approximate surface area is 312 Å². The summed E-state index contributed by atoms with van der Waals surface area (Å²) in [4.78, 5) is 63.9. The van der Waals surface area contributed by atoms with Gasteiger partial charge in [0.1, 0.15) is 0 Å². The Morgan fingerprint density at radius 1 is 0.981 bits per heavy atom. The molecule has 0 aromatic heterocycles. The van der Waals surface area contributed by atoms with Crippen LogP contribution in [-0.2, 0) is 33.4 Å². The molecule has 1 heterocycles. The van der Waals surface area contributed by atoms with Crippen LogP contribution in [0.1, 0.15) is 79.2 Å². The first kappa shape index (κ1) is 48.4. The zero-order valence-corrected chi connectivity index (χ0v) is 33.5. The van der Waals surface area contributed by atoms with Crippen molar-refractivity contribution in [2.75, 3.05) is 41.4 Å². The summed E-state index contributed by atoms with van der Waals surface area (Å²) in [7, 11) is 6.54. The molecule has 1 aromatic carbocycles. The molecule has 298 valence electrons. The molecule has 14 heteroatoms. The molecule has 8 atom stereocenters. The van der Waals surface area contributed by atoms with Gasteiger partial charge in [0, 0.05) is 40.3 Å². The Kier molecular flexibility index (Phi) is 23.6. The monoisotopic (exact) mass is 736 g/mol. The first-order chi connectivity index (χ1) is 24.4. The molecule has 0 spiro atoms. The number of nitrogens with two attached hydrogens (primary N) is 3. The molecule has 14 nitrogen and oxygen atoms in total. The Bertz CT molecular complexity index is 1220. The molecule has 2 rings (SSSR count). The first-order valence-electron chi connectivity index (χ1n) is 18.3. The number of ether oxygens (including phenoxy) is 2. The molecule has 1 aliphatic heterocycles. The topological polar surface area (TPSA) is 212 Å². The quantitative estimate of drug-likeness (QED) is 0.149. The van der Waals surface area contributed by atoms with Crippen molar-refractivity contribution in [3.05, 3.63) is 35.9 Å².